The zero-order valence-corrected chi connectivity index (χ0v) is 19.4. The van der Waals surface area contributed by atoms with E-state index in [1.807, 2.05) is 0 Å². The summed E-state index contributed by atoms with van der Waals surface area (Å²) in [6.45, 7) is 5.33. The van der Waals surface area contributed by atoms with Crippen LogP contribution in [0.4, 0.5) is 10.2 Å². The van der Waals surface area contributed by atoms with Gasteiger partial charge < -0.3 is 10.1 Å². The van der Waals surface area contributed by atoms with Crippen LogP contribution >= 0.6 is 0 Å². The molecule has 2 aliphatic rings. The van der Waals surface area contributed by atoms with Crippen LogP contribution in [0.1, 0.15) is 63.9 Å². The summed E-state index contributed by atoms with van der Waals surface area (Å²) in [5.74, 6) is 5.82. The van der Waals surface area contributed by atoms with Crippen molar-refractivity contribution < 1.29 is 18.8 Å². The lowest BCUT2D eigenvalue weighted by Crippen LogP contribution is -2.32. The molecule has 1 aromatic heterocycles. The minimum atomic E-state index is -0.446. The summed E-state index contributed by atoms with van der Waals surface area (Å²) in [6.07, 6.45) is 12.2. The number of halogens is 1. The molecule has 0 saturated carbocycles. The molecule has 0 aromatic carbocycles. The van der Waals surface area contributed by atoms with Gasteiger partial charge in [-0.15, -0.1) is 5.92 Å². The first-order valence-corrected chi connectivity index (χ1v) is 12.0. The fourth-order valence-electron chi connectivity index (χ4n) is 3.79. The second-order valence-electron chi connectivity index (χ2n) is 8.49. The van der Waals surface area contributed by atoms with E-state index in [1.165, 1.54) is 37.3 Å². The maximum absolute atomic E-state index is 14.5. The Bertz CT molecular complexity index is 846. The fourth-order valence-corrected chi connectivity index (χ4v) is 3.79. The Hall–Kier alpha value is -2.47. The van der Waals surface area contributed by atoms with Crippen LogP contribution in [0.25, 0.3) is 6.08 Å². The van der Waals surface area contributed by atoms with Crippen molar-refractivity contribution in [2.45, 2.75) is 70.6 Å². The van der Waals surface area contributed by atoms with Crippen LogP contribution in [0.2, 0.25) is 0 Å². The highest BCUT2D eigenvalue weighted by molar-refractivity contribution is 5.90. The van der Waals surface area contributed by atoms with Gasteiger partial charge in [-0.2, -0.15) is 0 Å². The molecule has 2 saturated heterocycles. The summed E-state index contributed by atoms with van der Waals surface area (Å²) in [4.78, 5) is 23.6. The molecule has 33 heavy (non-hydrogen) atoms. The Labute approximate surface area is 196 Å². The first kappa shape index (κ1) is 25.2. The molecular formula is C25H35FN4O3. The van der Waals surface area contributed by atoms with E-state index in [4.69, 9.17) is 9.57 Å². The highest BCUT2D eigenvalue weighted by Crippen LogP contribution is 2.18. The number of anilines is 1. The molecule has 1 unspecified atom stereocenters. The number of amides is 1. The van der Waals surface area contributed by atoms with E-state index in [0.717, 1.165) is 58.2 Å². The van der Waals surface area contributed by atoms with Gasteiger partial charge >= 0.3 is 0 Å². The lowest BCUT2D eigenvalue weighted by atomic mass is 10.2. The third kappa shape index (κ3) is 9.12. The number of aromatic nitrogens is 1. The third-order valence-electron chi connectivity index (χ3n) is 5.66. The Balaban J connectivity index is 1.40. The SMILES string of the molecule is CCCCCC#CCN1CC[C@@H](Nc2ncc(C=CC(=O)NOC3CCCCO3)cc2F)C1. The number of nitrogens with zero attached hydrogens (tertiary/aromatic N) is 2. The minimum absolute atomic E-state index is 0.139. The van der Waals surface area contributed by atoms with E-state index in [9.17, 15) is 9.18 Å². The zero-order valence-electron chi connectivity index (χ0n) is 19.4. The van der Waals surface area contributed by atoms with Crippen molar-refractivity contribution in [2.24, 2.45) is 0 Å². The average Bonchev–Trinajstić information content (AvgIpc) is 3.28. The van der Waals surface area contributed by atoms with E-state index in [2.05, 4.69) is 39.4 Å². The number of likely N-dealkylation sites (tertiary alicyclic amines) is 1. The normalized spacial score (nSPS) is 21.0. The van der Waals surface area contributed by atoms with Crippen molar-refractivity contribution in [1.29, 1.82) is 0 Å². The van der Waals surface area contributed by atoms with Crippen molar-refractivity contribution >= 4 is 17.8 Å². The molecule has 2 aliphatic heterocycles. The van der Waals surface area contributed by atoms with Gasteiger partial charge in [-0.25, -0.2) is 19.7 Å². The summed E-state index contributed by atoms with van der Waals surface area (Å²) in [5, 5.41) is 3.19. The highest BCUT2D eigenvalue weighted by Gasteiger charge is 2.22. The lowest BCUT2D eigenvalue weighted by Gasteiger charge is -2.21. The van der Waals surface area contributed by atoms with Gasteiger partial charge in [0.2, 0.25) is 0 Å². The molecule has 7 nitrogen and oxygen atoms in total. The third-order valence-corrected chi connectivity index (χ3v) is 5.66. The smallest absolute Gasteiger partial charge is 0.267 e. The van der Waals surface area contributed by atoms with Crippen molar-refractivity contribution in [3.05, 3.63) is 29.7 Å². The average molecular weight is 459 g/mol. The van der Waals surface area contributed by atoms with Crippen molar-refractivity contribution in [2.75, 3.05) is 31.6 Å². The topological polar surface area (TPSA) is 75.7 Å². The second kappa shape index (κ2) is 13.9. The highest BCUT2D eigenvalue weighted by atomic mass is 19.1. The molecule has 2 N–H and O–H groups in total. The number of carbonyl (C=O) groups is 1. The summed E-state index contributed by atoms with van der Waals surface area (Å²) in [5.41, 5.74) is 2.83. The molecular weight excluding hydrogens is 423 g/mol. The van der Waals surface area contributed by atoms with Gasteiger partial charge in [-0.1, -0.05) is 25.7 Å². The molecule has 0 radical (unpaired) electrons. The van der Waals surface area contributed by atoms with Crippen LogP contribution < -0.4 is 10.8 Å². The van der Waals surface area contributed by atoms with E-state index in [-0.39, 0.29) is 11.9 Å². The number of hydroxylamine groups is 1. The minimum Gasteiger partial charge on any atom is -0.364 e. The molecule has 0 spiro atoms. The number of unbranched alkanes of at least 4 members (excludes halogenated alkanes) is 3. The number of pyridine rings is 1. The van der Waals surface area contributed by atoms with Crippen LogP contribution in [-0.2, 0) is 14.4 Å². The van der Waals surface area contributed by atoms with Gasteiger partial charge in [0.05, 0.1) is 6.54 Å². The first-order valence-electron chi connectivity index (χ1n) is 12.0. The number of hydrogen-bond donors (Lipinski definition) is 2. The summed E-state index contributed by atoms with van der Waals surface area (Å²) in [6, 6.07) is 1.50. The van der Waals surface area contributed by atoms with Crippen molar-refractivity contribution in [3.63, 3.8) is 0 Å². The number of carbonyl (C=O) groups excluding carboxylic acids is 1. The largest absolute Gasteiger partial charge is 0.364 e. The van der Waals surface area contributed by atoms with E-state index in [1.54, 1.807) is 0 Å². The van der Waals surface area contributed by atoms with E-state index < -0.39 is 18.0 Å². The number of rotatable bonds is 10. The van der Waals surface area contributed by atoms with Crippen molar-refractivity contribution in [1.82, 2.24) is 15.4 Å². The Kier molecular flexibility index (Phi) is 10.6. The van der Waals surface area contributed by atoms with E-state index in [0.29, 0.717) is 12.2 Å². The second-order valence-corrected chi connectivity index (χ2v) is 8.49. The molecule has 180 valence electrons. The molecule has 8 heteroatoms. The molecule has 0 aliphatic carbocycles. The van der Waals surface area contributed by atoms with Crippen molar-refractivity contribution in [3.8, 4) is 11.8 Å². The van der Waals surface area contributed by atoms with Gasteiger partial charge in [0.15, 0.2) is 17.9 Å². The first-order chi connectivity index (χ1) is 16.1. The summed E-state index contributed by atoms with van der Waals surface area (Å²) in [7, 11) is 0. The quantitative estimate of drug-likeness (QED) is 0.240. The summed E-state index contributed by atoms with van der Waals surface area (Å²) >= 11 is 0. The van der Waals surface area contributed by atoms with Gasteiger partial charge in [-0.3, -0.25) is 9.69 Å². The number of nitrogens with one attached hydrogen (secondary N) is 2. The maximum Gasteiger partial charge on any atom is 0.267 e. The molecule has 1 amide bonds. The Morgan fingerprint density at radius 3 is 3.06 bits per heavy atom. The van der Waals surface area contributed by atoms with Crippen LogP contribution in [0.3, 0.4) is 0 Å². The Morgan fingerprint density at radius 2 is 2.27 bits per heavy atom. The van der Waals surface area contributed by atoms with Crippen LogP contribution in [-0.4, -0.2) is 54.4 Å². The van der Waals surface area contributed by atoms with Crippen LogP contribution in [0.15, 0.2) is 18.3 Å². The number of ether oxygens (including phenoxy) is 1. The molecule has 1 aromatic rings. The molecule has 2 fully saturated rings. The van der Waals surface area contributed by atoms with Gasteiger partial charge in [0.1, 0.15) is 0 Å². The molecule has 3 heterocycles. The lowest BCUT2D eigenvalue weighted by molar-refractivity contribution is -0.198. The van der Waals surface area contributed by atoms with Crippen LogP contribution in [0, 0.1) is 17.7 Å². The van der Waals surface area contributed by atoms with E-state index >= 15 is 0 Å². The standard InChI is InChI=1S/C25H35FN4O3/c1-2-3-4-5-6-8-14-30-15-13-21(19-30)28-25-22(26)17-20(18-27-25)11-12-23(31)29-33-24-10-7-9-16-32-24/h11-12,17-18,21,24H,2-5,7,9-10,13-16,19H2,1H3,(H,27,28)(H,29,31)/t21-,24?/m1/s1. The van der Waals surface area contributed by atoms with Gasteiger partial charge in [-0.05, 0) is 43.4 Å². The predicted molar refractivity (Wildman–Crippen MR) is 126 cm³/mol. The zero-order chi connectivity index (χ0) is 23.3. The molecule has 2 atom stereocenters. The number of hydrogen-bond acceptors (Lipinski definition) is 6. The van der Waals surface area contributed by atoms with Gasteiger partial charge in [0, 0.05) is 50.9 Å². The fraction of sp³-hybridized carbons (Fsp3) is 0.600. The Morgan fingerprint density at radius 1 is 1.36 bits per heavy atom. The van der Waals surface area contributed by atoms with Crippen LogP contribution in [0.5, 0.6) is 0 Å². The molecule has 0 bridgehead atoms. The van der Waals surface area contributed by atoms with Gasteiger partial charge in [0.25, 0.3) is 5.91 Å². The maximum atomic E-state index is 14.5. The summed E-state index contributed by atoms with van der Waals surface area (Å²) < 4.78 is 19.9. The monoisotopic (exact) mass is 458 g/mol. The predicted octanol–water partition coefficient (Wildman–Crippen LogP) is 3.88. The molecule has 3 rings (SSSR count).